The second-order valence-electron chi connectivity index (χ2n) is 12.2. The van der Waals surface area contributed by atoms with Crippen LogP contribution in [0.3, 0.4) is 0 Å². The van der Waals surface area contributed by atoms with Gasteiger partial charge < -0.3 is 24.3 Å². The van der Waals surface area contributed by atoms with Crippen molar-refractivity contribution in [1.29, 1.82) is 0 Å². The summed E-state index contributed by atoms with van der Waals surface area (Å²) in [5.74, 6) is -0.226. The Kier molecular flexibility index (Phi) is 10.9. The average molecular weight is 710 g/mol. The lowest BCUT2D eigenvalue weighted by Gasteiger charge is -2.44. The Hall–Kier alpha value is -4.38. The van der Waals surface area contributed by atoms with E-state index >= 15 is 0 Å². The maximum absolute atomic E-state index is 14.3. The summed E-state index contributed by atoms with van der Waals surface area (Å²) in [5.41, 5.74) is 2.48. The van der Waals surface area contributed by atoms with Gasteiger partial charge in [-0.3, -0.25) is 4.90 Å². The zero-order valence-corrected chi connectivity index (χ0v) is 28.6. The molecule has 1 unspecified atom stereocenters. The molecule has 0 spiro atoms. The molecule has 2 N–H and O–H groups in total. The number of halogens is 3. The highest BCUT2D eigenvalue weighted by molar-refractivity contribution is 6.35. The fourth-order valence-corrected chi connectivity index (χ4v) is 6.96. The molecule has 2 bridgehead atoms. The predicted molar refractivity (Wildman–Crippen MR) is 183 cm³/mol. The van der Waals surface area contributed by atoms with Crippen molar-refractivity contribution >= 4 is 40.8 Å². The van der Waals surface area contributed by atoms with Gasteiger partial charge in [-0.05, 0) is 91.5 Å². The van der Waals surface area contributed by atoms with Crippen molar-refractivity contribution in [3.8, 4) is 11.5 Å². The SMILES string of the molecule is COc1ccc([C@H](Cc2c(Cl)c[nH+]cc2Cl)OC(=O)c2ccc(NC(C(=O)O[C@H]3CN4CCC3CC4)c3cccc(F)c3)cc2)cc1OC. The number of pyridine rings is 1. The van der Waals surface area contributed by atoms with Crippen molar-refractivity contribution < 1.29 is 37.9 Å². The van der Waals surface area contributed by atoms with Crippen LogP contribution in [0.15, 0.2) is 79.1 Å². The van der Waals surface area contributed by atoms with Gasteiger partial charge in [-0.25, -0.2) is 19.0 Å². The highest BCUT2D eigenvalue weighted by Crippen LogP contribution is 2.36. The number of nitrogens with zero attached hydrogens (tertiary/aromatic N) is 1. The largest absolute Gasteiger partial charge is 0.493 e. The number of benzene rings is 3. The highest BCUT2D eigenvalue weighted by Gasteiger charge is 2.38. The normalized spacial score (nSPS) is 19.4. The summed E-state index contributed by atoms with van der Waals surface area (Å²) in [4.78, 5) is 32.3. The Bertz CT molecular complexity index is 1780. The second-order valence-corrected chi connectivity index (χ2v) is 13.0. The van der Waals surface area contributed by atoms with Crippen LogP contribution in [0, 0.1) is 11.7 Å². The van der Waals surface area contributed by atoms with Crippen LogP contribution in [0.25, 0.3) is 0 Å². The van der Waals surface area contributed by atoms with E-state index in [0.29, 0.717) is 56.4 Å². The van der Waals surface area contributed by atoms with E-state index in [1.807, 2.05) is 0 Å². The summed E-state index contributed by atoms with van der Waals surface area (Å²) in [7, 11) is 3.06. The minimum atomic E-state index is -0.962. The van der Waals surface area contributed by atoms with Gasteiger partial charge in [-0.1, -0.05) is 41.4 Å². The number of hydrogen-bond acceptors (Lipinski definition) is 8. The molecule has 4 aromatic rings. The Balaban J connectivity index is 1.21. The number of carbonyl (C=O) groups is 2. The number of ether oxygens (including phenoxy) is 4. The maximum Gasteiger partial charge on any atom is 0.338 e. The molecule has 3 aliphatic heterocycles. The van der Waals surface area contributed by atoms with E-state index in [2.05, 4.69) is 15.2 Å². The summed E-state index contributed by atoms with van der Waals surface area (Å²) in [5, 5.41) is 3.98. The van der Waals surface area contributed by atoms with Crippen LogP contribution in [0.2, 0.25) is 10.0 Å². The number of nitrogens with one attached hydrogen (secondary N) is 2. The lowest BCUT2D eigenvalue weighted by Crippen LogP contribution is -2.52. The van der Waals surface area contributed by atoms with Crippen LogP contribution in [0.4, 0.5) is 10.1 Å². The van der Waals surface area contributed by atoms with Crippen molar-refractivity contribution in [2.24, 2.45) is 5.92 Å². The third kappa shape index (κ3) is 8.09. The van der Waals surface area contributed by atoms with E-state index in [0.717, 1.165) is 25.9 Å². The fraction of sp³-hybridized carbons (Fsp3) is 0.324. The molecule has 4 heterocycles. The minimum Gasteiger partial charge on any atom is -0.493 e. The van der Waals surface area contributed by atoms with Crippen molar-refractivity contribution in [2.75, 3.05) is 39.2 Å². The first-order valence-corrected chi connectivity index (χ1v) is 16.8. The summed E-state index contributed by atoms with van der Waals surface area (Å²) < 4.78 is 37.2. The number of piperidine rings is 3. The van der Waals surface area contributed by atoms with E-state index < -0.39 is 29.9 Å². The van der Waals surface area contributed by atoms with Crippen LogP contribution in [0.1, 0.15) is 52.0 Å². The molecule has 0 amide bonds. The van der Waals surface area contributed by atoms with Crippen molar-refractivity contribution in [2.45, 2.75) is 37.5 Å². The number of rotatable bonds is 12. The first kappa shape index (κ1) is 34.5. The van der Waals surface area contributed by atoms with Crippen molar-refractivity contribution in [1.82, 2.24) is 4.90 Å². The number of aromatic nitrogens is 1. The number of esters is 2. The molecule has 3 aromatic carbocycles. The summed E-state index contributed by atoms with van der Waals surface area (Å²) in [6.45, 7) is 2.73. The molecule has 3 aliphatic rings. The Morgan fingerprint density at radius 3 is 2.29 bits per heavy atom. The Morgan fingerprint density at radius 2 is 1.65 bits per heavy atom. The maximum atomic E-state index is 14.3. The number of fused-ring (bicyclic) bond motifs is 3. The molecule has 0 aliphatic carbocycles. The molecule has 0 radical (unpaired) electrons. The third-order valence-electron chi connectivity index (χ3n) is 9.13. The fourth-order valence-electron chi connectivity index (χ4n) is 6.43. The molecule has 49 heavy (non-hydrogen) atoms. The lowest BCUT2D eigenvalue weighted by atomic mass is 9.86. The smallest absolute Gasteiger partial charge is 0.338 e. The average Bonchev–Trinajstić information content (AvgIpc) is 3.12. The second kappa shape index (κ2) is 15.4. The van der Waals surface area contributed by atoms with Gasteiger partial charge in [-0.15, -0.1) is 0 Å². The van der Waals surface area contributed by atoms with Crippen LogP contribution >= 0.6 is 23.2 Å². The quantitative estimate of drug-likeness (QED) is 0.159. The van der Waals surface area contributed by atoms with Crippen LogP contribution in [0.5, 0.6) is 11.5 Å². The number of anilines is 1. The van der Waals surface area contributed by atoms with E-state index in [9.17, 15) is 14.0 Å². The first-order valence-electron chi connectivity index (χ1n) is 16.0. The number of hydrogen-bond donors (Lipinski definition) is 1. The van der Waals surface area contributed by atoms with Gasteiger partial charge in [0, 0.05) is 24.2 Å². The van der Waals surface area contributed by atoms with E-state index in [1.165, 1.54) is 26.4 Å². The standard InChI is InChI=1S/C37H36Cl2FN3O6/c1-46-31-11-8-24(17-33(31)47-2)32(18-28-29(38)19-41-20-30(28)39)48-36(44)23-6-9-27(10-7-23)42-35(25-4-3-5-26(40)16-25)37(45)49-34-21-43-14-12-22(34)13-15-43/h3-11,16-17,19-20,22,32,34-35,42H,12-15,18,21H2,1-2H3/p+1/t32-,34-,35?/m0/s1. The zero-order chi connectivity index (χ0) is 34.5. The van der Waals surface area contributed by atoms with E-state index in [1.54, 1.807) is 67.0 Å². The van der Waals surface area contributed by atoms with E-state index in [-0.39, 0.29) is 18.1 Å². The zero-order valence-electron chi connectivity index (χ0n) is 27.1. The van der Waals surface area contributed by atoms with Gasteiger partial charge in [0.1, 0.15) is 28.1 Å². The van der Waals surface area contributed by atoms with Gasteiger partial charge in [-0.2, -0.15) is 0 Å². The molecule has 3 fully saturated rings. The number of H-pyrrole nitrogens is 1. The van der Waals surface area contributed by atoms with Gasteiger partial charge in [0.25, 0.3) is 0 Å². The Labute approximate surface area is 294 Å². The molecule has 3 atom stereocenters. The monoisotopic (exact) mass is 708 g/mol. The third-order valence-corrected chi connectivity index (χ3v) is 9.80. The van der Waals surface area contributed by atoms with Crippen LogP contribution in [-0.2, 0) is 20.7 Å². The number of aromatic amines is 1. The minimum absolute atomic E-state index is 0.185. The molecule has 9 nitrogen and oxygen atoms in total. The number of methoxy groups -OCH3 is 2. The topological polar surface area (TPSA) is 100 Å². The Morgan fingerprint density at radius 1 is 0.939 bits per heavy atom. The van der Waals surface area contributed by atoms with Crippen LogP contribution < -0.4 is 19.8 Å². The molecule has 1 aromatic heterocycles. The van der Waals surface area contributed by atoms with Gasteiger partial charge in [0.05, 0.1) is 19.8 Å². The molecule has 12 heteroatoms. The highest BCUT2D eigenvalue weighted by atomic mass is 35.5. The molecule has 0 saturated carbocycles. The predicted octanol–water partition coefficient (Wildman–Crippen LogP) is 6.90. The lowest BCUT2D eigenvalue weighted by molar-refractivity contribution is -0.377. The molecular weight excluding hydrogens is 672 g/mol. The van der Waals surface area contributed by atoms with Gasteiger partial charge >= 0.3 is 11.9 Å². The molecule has 256 valence electrons. The van der Waals surface area contributed by atoms with E-state index in [4.69, 9.17) is 42.1 Å². The first-order chi connectivity index (χ1) is 23.7. The molecular formula is C37H37Cl2FN3O6+. The molecule has 3 saturated heterocycles. The van der Waals surface area contributed by atoms with Crippen LogP contribution in [-0.4, -0.2) is 56.8 Å². The summed E-state index contributed by atoms with van der Waals surface area (Å²) in [6, 6.07) is 16.7. The van der Waals surface area contributed by atoms with Crippen molar-refractivity contribution in [3.05, 3.63) is 117 Å². The van der Waals surface area contributed by atoms with Gasteiger partial charge in [0.15, 0.2) is 29.9 Å². The number of carbonyl (C=O) groups excluding carboxylic acids is 2. The summed E-state index contributed by atoms with van der Waals surface area (Å²) in [6.07, 6.45) is 4.38. The summed E-state index contributed by atoms with van der Waals surface area (Å²) >= 11 is 12.9. The van der Waals surface area contributed by atoms with Crippen molar-refractivity contribution in [3.63, 3.8) is 0 Å². The van der Waals surface area contributed by atoms with Gasteiger partial charge in [0.2, 0.25) is 0 Å². The molecule has 7 rings (SSSR count).